The van der Waals surface area contributed by atoms with Gasteiger partial charge in [-0.1, -0.05) is 6.07 Å². The number of amidine groups is 1. The molecule has 146 valence electrons. The van der Waals surface area contributed by atoms with Crippen molar-refractivity contribution in [2.75, 3.05) is 17.6 Å². The Morgan fingerprint density at radius 1 is 1.24 bits per heavy atom. The quantitative estimate of drug-likeness (QED) is 0.671. The molecule has 1 aromatic carbocycles. The summed E-state index contributed by atoms with van der Waals surface area (Å²) in [5.41, 5.74) is 2.71. The fraction of sp³-hybridized carbons (Fsp3) is 0.105. The van der Waals surface area contributed by atoms with Gasteiger partial charge in [-0.25, -0.2) is 13.4 Å². The maximum Gasteiger partial charge on any atom is 0.257 e. The number of hydrogen-bond donors (Lipinski definition) is 2. The molecule has 0 saturated heterocycles. The molecule has 0 radical (unpaired) electrons. The highest BCUT2D eigenvalue weighted by Gasteiger charge is 2.25. The van der Waals surface area contributed by atoms with Crippen molar-refractivity contribution < 1.29 is 13.2 Å². The third-order valence-electron chi connectivity index (χ3n) is 4.58. The fourth-order valence-corrected chi connectivity index (χ4v) is 4.79. The number of carbonyl (C=O) groups excluding carboxylic acids is 1. The van der Waals surface area contributed by atoms with Crippen molar-refractivity contribution in [2.24, 2.45) is 4.40 Å². The average Bonchev–Trinajstić information content (AvgIpc) is 3.36. The number of aromatic nitrogens is 2. The van der Waals surface area contributed by atoms with Gasteiger partial charge in [-0.15, -0.1) is 15.7 Å². The van der Waals surface area contributed by atoms with Crippen molar-refractivity contribution in [3.8, 4) is 10.7 Å². The van der Waals surface area contributed by atoms with Crippen LogP contribution in [0.2, 0.25) is 0 Å². The molecule has 2 N–H and O–H groups in total. The third-order valence-corrected chi connectivity index (χ3v) is 6.62. The highest BCUT2D eigenvalue weighted by Crippen LogP contribution is 2.26. The van der Waals surface area contributed by atoms with Crippen molar-refractivity contribution in [1.29, 1.82) is 0 Å². The molecule has 10 heteroatoms. The van der Waals surface area contributed by atoms with Gasteiger partial charge >= 0.3 is 0 Å². The second-order valence-electron chi connectivity index (χ2n) is 6.60. The van der Waals surface area contributed by atoms with Gasteiger partial charge in [0.05, 0.1) is 27.2 Å². The number of aromatic amines is 1. The Morgan fingerprint density at radius 2 is 2.14 bits per heavy atom. The molecule has 2 aliphatic rings. The third kappa shape index (κ3) is 3.47. The van der Waals surface area contributed by atoms with Gasteiger partial charge in [0.2, 0.25) is 0 Å². The van der Waals surface area contributed by atoms with Gasteiger partial charge in [-0.2, -0.15) is 0 Å². The lowest BCUT2D eigenvalue weighted by atomic mass is 10.1. The molecule has 3 aromatic rings. The molecule has 5 rings (SSSR count). The number of rotatable bonds is 3. The molecular weight excluding hydrogens is 410 g/mol. The van der Waals surface area contributed by atoms with E-state index in [0.717, 1.165) is 21.7 Å². The SMILES string of the molecule is O=C(Nc1ccc2nc(-c3cccs3)[nH]c2c1)C1=CN2CCS(=O)(=O)N=C2C=C1. The number of anilines is 1. The van der Waals surface area contributed by atoms with E-state index < -0.39 is 10.0 Å². The van der Waals surface area contributed by atoms with E-state index in [1.54, 1.807) is 34.6 Å². The zero-order valence-corrected chi connectivity index (χ0v) is 16.6. The number of thiophene rings is 1. The number of carbonyl (C=O) groups is 1. The lowest BCUT2D eigenvalue weighted by Gasteiger charge is -2.26. The number of nitrogens with zero attached hydrogens (tertiary/aromatic N) is 3. The van der Waals surface area contributed by atoms with Gasteiger partial charge in [0, 0.05) is 18.4 Å². The zero-order valence-electron chi connectivity index (χ0n) is 15.0. The van der Waals surface area contributed by atoms with Crippen molar-refractivity contribution in [2.45, 2.75) is 0 Å². The van der Waals surface area contributed by atoms with Crippen molar-refractivity contribution in [3.63, 3.8) is 0 Å². The number of H-pyrrole nitrogens is 1. The van der Waals surface area contributed by atoms with Gasteiger partial charge in [0.25, 0.3) is 15.9 Å². The summed E-state index contributed by atoms with van der Waals surface area (Å²) in [5.74, 6) is 0.765. The number of amides is 1. The van der Waals surface area contributed by atoms with Crippen LogP contribution >= 0.6 is 11.3 Å². The molecule has 0 unspecified atom stereocenters. The smallest absolute Gasteiger partial charge is 0.257 e. The van der Waals surface area contributed by atoms with Crippen LogP contribution in [-0.2, 0) is 14.8 Å². The average molecular weight is 425 g/mol. The molecule has 2 aliphatic heterocycles. The summed E-state index contributed by atoms with van der Waals surface area (Å²) < 4.78 is 26.9. The Bertz CT molecular complexity index is 1320. The van der Waals surface area contributed by atoms with Crippen LogP contribution < -0.4 is 5.32 Å². The van der Waals surface area contributed by atoms with E-state index in [4.69, 9.17) is 0 Å². The van der Waals surface area contributed by atoms with Crippen molar-refractivity contribution >= 4 is 49.8 Å². The zero-order chi connectivity index (χ0) is 20.0. The number of hydrogen-bond acceptors (Lipinski definition) is 6. The lowest BCUT2D eigenvalue weighted by Crippen LogP contribution is -2.37. The van der Waals surface area contributed by atoms with Crippen LogP contribution in [-0.4, -0.2) is 47.3 Å². The minimum Gasteiger partial charge on any atom is -0.337 e. The first-order chi connectivity index (χ1) is 14.0. The van der Waals surface area contributed by atoms with E-state index in [2.05, 4.69) is 19.7 Å². The van der Waals surface area contributed by atoms with E-state index in [-0.39, 0.29) is 18.2 Å². The molecule has 2 aromatic heterocycles. The second-order valence-corrected chi connectivity index (χ2v) is 9.30. The predicted molar refractivity (Wildman–Crippen MR) is 113 cm³/mol. The van der Waals surface area contributed by atoms with Crippen LogP contribution in [0.4, 0.5) is 5.69 Å². The van der Waals surface area contributed by atoms with Gasteiger partial charge in [-0.3, -0.25) is 4.79 Å². The monoisotopic (exact) mass is 425 g/mol. The normalized spacial score (nSPS) is 17.6. The molecular formula is C19H15N5O3S2. The predicted octanol–water partition coefficient (Wildman–Crippen LogP) is 2.73. The molecule has 0 spiro atoms. The van der Waals surface area contributed by atoms with E-state index in [1.807, 2.05) is 29.6 Å². The summed E-state index contributed by atoms with van der Waals surface area (Å²) >= 11 is 1.60. The number of nitrogens with one attached hydrogen (secondary N) is 2. The van der Waals surface area contributed by atoms with Crippen LogP contribution in [0.25, 0.3) is 21.7 Å². The first kappa shape index (κ1) is 17.8. The Kier molecular flexibility index (Phi) is 4.10. The van der Waals surface area contributed by atoms with Crippen molar-refractivity contribution in [3.05, 3.63) is 59.6 Å². The van der Waals surface area contributed by atoms with E-state index in [1.165, 1.54) is 6.08 Å². The standard InChI is InChI=1S/C19H15N5O3S2/c25-19(12-3-6-17-23-29(26,27)9-7-24(17)11-12)20-13-4-5-14-15(10-13)22-18(21-14)16-2-1-8-28-16/h1-6,8,10-11H,7,9H2,(H,20,25)(H,21,22). The summed E-state index contributed by atoms with van der Waals surface area (Å²) in [7, 11) is -3.42. The first-order valence-corrected chi connectivity index (χ1v) is 11.3. The number of benzene rings is 1. The summed E-state index contributed by atoms with van der Waals surface area (Å²) in [5, 5.41) is 4.86. The van der Waals surface area contributed by atoms with E-state index in [9.17, 15) is 13.2 Å². The highest BCUT2D eigenvalue weighted by atomic mass is 32.2. The number of sulfonamides is 1. The molecule has 0 atom stereocenters. The molecule has 0 saturated carbocycles. The molecule has 8 nitrogen and oxygen atoms in total. The van der Waals surface area contributed by atoms with Crippen LogP contribution in [0.3, 0.4) is 0 Å². The summed E-state index contributed by atoms with van der Waals surface area (Å²) in [6, 6.07) is 9.45. The summed E-state index contributed by atoms with van der Waals surface area (Å²) in [6.07, 6.45) is 4.72. The lowest BCUT2D eigenvalue weighted by molar-refractivity contribution is -0.112. The van der Waals surface area contributed by atoms with Gasteiger partial charge < -0.3 is 15.2 Å². The van der Waals surface area contributed by atoms with Crippen LogP contribution in [0.1, 0.15) is 0 Å². The van der Waals surface area contributed by atoms with Crippen molar-refractivity contribution in [1.82, 2.24) is 14.9 Å². The molecule has 0 bridgehead atoms. The maximum absolute atomic E-state index is 12.7. The van der Waals surface area contributed by atoms with Crippen LogP contribution in [0, 0.1) is 0 Å². The summed E-state index contributed by atoms with van der Waals surface area (Å²) in [4.78, 5) is 23.2. The largest absolute Gasteiger partial charge is 0.337 e. The summed E-state index contributed by atoms with van der Waals surface area (Å²) in [6.45, 7) is 0.272. The Morgan fingerprint density at radius 3 is 2.97 bits per heavy atom. The minimum atomic E-state index is -3.42. The van der Waals surface area contributed by atoms with Crippen LogP contribution in [0.5, 0.6) is 0 Å². The first-order valence-electron chi connectivity index (χ1n) is 8.81. The van der Waals surface area contributed by atoms with Gasteiger partial charge in [0.15, 0.2) is 0 Å². The number of imidazole rings is 1. The van der Waals surface area contributed by atoms with E-state index >= 15 is 0 Å². The van der Waals surface area contributed by atoms with E-state index in [0.29, 0.717) is 17.1 Å². The Balaban J connectivity index is 1.36. The fourth-order valence-electron chi connectivity index (χ4n) is 3.16. The maximum atomic E-state index is 12.7. The Labute approximate surface area is 170 Å². The highest BCUT2D eigenvalue weighted by molar-refractivity contribution is 7.90. The topological polar surface area (TPSA) is 108 Å². The molecule has 1 amide bonds. The molecule has 0 aliphatic carbocycles. The molecule has 0 fully saturated rings. The van der Waals surface area contributed by atoms with Gasteiger partial charge in [0.1, 0.15) is 11.7 Å². The second kappa shape index (κ2) is 6.68. The molecule has 29 heavy (non-hydrogen) atoms. The Hall–Kier alpha value is -3.24. The molecule has 4 heterocycles. The minimum absolute atomic E-state index is 0.0706. The van der Waals surface area contributed by atoms with Gasteiger partial charge in [-0.05, 0) is 41.8 Å². The number of fused-ring (bicyclic) bond motifs is 2. The van der Waals surface area contributed by atoms with Crippen LogP contribution in [0.15, 0.2) is 64.0 Å².